The number of primary amides is 1. The van der Waals surface area contributed by atoms with Gasteiger partial charge in [0.2, 0.25) is 0 Å². The van der Waals surface area contributed by atoms with Crippen LogP contribution >= 0.6 is 0 Å². The summed E-state index contributed by atoms with van der Waals surface area (Å²) in [7, 11) is 1.96. The van der Waals surface area contributed by atoms with Crippen LogP contribution in [0.2, 0.25) is 0 Å². The minimum atomic E-state index is -0.360. The van der Waals surface area contributed by atoms with Gasteiger partial charge in [0, 0.05) is 24.8 Å². The fourth-order valence-electron chi connectivity index (χ4n) is 3.59. The van der Waals surface area contributed by atoms with E-state index in [9.17, 15) is 4.79 Å². The van der Waals surface area contributed by atoms with Crippen LogP contribution in [-0.2, 0) is 12.8 Å². The molecule has 3 N–H and O–H groups in total. The molecule has 114 valence electrons. The zero-order chi connectivity index (χ0) is 14.8. The largest absolute Gasteiger partial charge is 0.365 e. The van der Waals surface area contributed by atoms with Crippen molar-refractivity contribution in [2.75, 3.05) is 25.0 Å². The number of nitrogens with two attached hydrogens (primary N) is 1. The van der Waals surface area contributed by atoms with Crippen molar-refractivity contribution < 1.29 is 4.79 Å². The van der Waals surface area contributed by atoms with Gasteiger partial charge in [-0.15, -0.1) is 0 Å². The first-order valence-corrected chi connectivity index (χ1v) is 7.94. The Bertz CT molecular complexity index is 543. The molecule has 21 heavy (non-hydrogen) atoms. The number of aromatic nitrogens is 1. The molecule has 5 heteroatoms. The number of nitrogens with zero attached hydrogens (tertiary/aromatic N) is 2. The minimum absolute atomic E-state index is 0.360. The molecule has 1 aliphatic carbocycles. The number of carbonyl (C=O) groups is 1. The number of hydrogen-bond donors (Lipinski definition) is 2. The second-order valence-corrected chi connectivity index (χ2v) is 6.08. The number of hydrogen-bond acceptors (Lipinski definition) is 4. The van der Waals surface area contributed by atoms with Crippen molar-refractivity contribution >= 4 is 11.7 Å². The maximum atomic E-state index is 11.9. The van der Waals surface area contributed by atoms with Crippen molar-refractivity contribution in [1.29, 1.82) is 0 Å². The fraction of sp³-hybridized carbons (Fsp3) is 0.625. The van der Waals surface area contributed by atoms with Crippen LogP contribution in [0.25, 0.3) is 0 Å². The van der Waals surface area contributed by atoms with E-state index >= 15 is 0 Å². The van der Waals surface area contributed by atoms with Crippen LogP contribution in [0.1, 0.15) is 47.3 Å². The van der Waals surface area contributed by atoms with E-state index in [0.717, 1.165) is 50.3 Å². The van der Waals surface area contributed by atoms with E-state index in [1.165, 1.54) is 18.4 Å². The molecule has 5 nitrogen and oxygen atoms in total. The summed E-state index contributed by atoms with van der Waals surface area (Å²) in [5.74, 6) is 0.446. The van der Waals surface area contributed by atoms with Gasteiger partial charge in [-0.2, -0.15) is 0 Å². The number of amides is 1. The van der Waals surface area contributed by atoms with Gasteiger partial charge in [-0.05, 0) is 57.2 Å². The average molecular weight is 288 g/mol. The molecule has 1 fully saturated rings. The Balaban J connectivity index is 2.01. The van der Waals surface area contributed by atoms with Crippen LogP contribution in [0.15, 0.2) is 6.07 Å². The van der Waals surface area contributed by atoms with Crippen molar-refractivity contribution in [3.05, 3.63) is 22.9 Å². The molecular weight excluding hydrogens is 264 g/mol. The molecule has 2 heterocycles. The molecule has 1 aliphatic heterocycles. The normalized spacial score (nSPS) is 21.4. The van der Waals surface area contributed by atoms with Crippen LogP contribution < -0.4 is 16.0 Å². The summed E-state index contributed by atoms with van der Waals surface area (Å²) in [4.78, 5) is 19.0. The van der Waals surface area contributed by atoms with E-state index in [0.29, 0.717) is 11.6 Å². The lowest BCUT2D eigenvalue weighted by atomic mass is 9.94. The van der Waals surface area contributed by atoms with Crippen molar-refractivity contribution in [3.63, 3.8) is 0 Å². The van der Waals surface area contributed by atoms with E-state index in [2.05, 4.69) is 10.2 Å². The Morgan fingerprint density at radius 2 is 2.24 bits per heavy atom. The Kier molecular flexibility index (Phi) is 4.10. The Morgan fingerprint density at radius 3 is 3.00 bits per heavy atom. The molecule has 0 aromatic carbocycles. The highest BCUT2D eigenvalue weighted by molar-refractivity contribution is 5.98. The van der Waals surface area contributed by atoms with Crippen molar-refractivity contribution in [2.45, 2.75) is 44.6 Å². The third-order valence-electron chi connectivity index (χ3n) is 4.64. The molecule has 2 aliphatic rings. The van der Waals surface area contributed by atoms with Crippen LogP contribution in [0.5, 0.6) is 0 Å². The lowest BCUT2D eigenvalue weighted by molar-refractivity contribution is 0.1000. The third kappa shape index (κ3) is 2.75. The molecule has 0 bridgehead atoms. The zero-order valence-electron chi connectivity index (χ0n) is 12.7. The van der Waals surface area contributed by atoms with Crippen molar-refractivity contribution in [1.82, 2.24) is 10.3 Å². The van der Waals surface area contributed by atoms with E-state index in [1.807, 2.05) is 13.1 Å². The predicted molar refractivity (Wildman–Crippen MR) is 83.7 cm³/mol. The fourth-order valence-corrected chi connectivity index (χ4v) is 3.59. The molecular formula is C16H24N4O. The van der Waals surface area contributed by atoms with Crippen LogP contribution in [0, 0.1) is 0 Å². The SMILES string of the molecule is CNCC1CCCN1c1nc2c(cc1C(N)=O)CCCC2. The Hall–Kier alpha value is -1.62. The number of likely N-dealkylation sites (N-methyl/N-ethyl adjacent to an activating group) is 1. The highest BCUT2D eigenvalue weighted by Gasteiger charge is 2.29. The molecule has 0 radical (unpaired) electrons. The van der Waals surface area contributed by atoms with E-state index in [1.54, 1.807) is 0 Å². The first kappa shape index (κ1) is 14.3. The number of nitrogens with one attached hydrogen (secondary N) is 1. The van der Waals surface area contributed by atoms with Crippen molar-refractivity contribution in [2.24, 2.45) is 5.73 Å². The summed E-state index contributed by atoms with van der Waals surface area (Å²) in [5, 5.41) is 3.23. The summed E-state index contributed by atoms with van der Waals surface area (Å²) in [6.07, 6.45) is 6.68. The minimum Gasteiger partial charge on any atom is -0.365 e. The third-order valence-corrected chi connectivity index (χ3v) is 4.64. The second-order valence-electron chi connectivity index (χ2n) is 6.08. The molecule has 1 atom stereocenters. The van der Waals surface area contributed by atoms with E-state index in [-0.39, 0.29) is 5.91 Å². The van der Waals surface area contributed by atoms with Gasteiger partial charge in [0.15, 0.2) is 0 Å². The van der Waals surface area contributed by atoms with Gasteiger partial charge in [0.05, 0.1) is 5.56 Å². The highest BCUT2D eigenvalue weighted by Crippen LogP contribution is 2.30. The number of pyridine rings is 1. The zero-order valence-corrected chi connectivity index (χ0v) is 12.7. The number of fused-ring (bicyclic) bond motifs is 1. The van der Waals surface area contributed by atoms with Gasteiger partial charge in [-0.1, -0.05) is 0 Å². The molecule has 3 rings (SSSR count). The van der Waals surface area contributed by atoms with Crippen molar-refractivity contribution in [3.8, 4) is 0 Å². The quantitative estimate of drug-likeness (QED) is 0.874. The molecule has 1 saturated heterocycles. The average Bonchev–Trinajstić information content (AvgIpc) is 2.94. The first-order valence-electron chi connectivity index (χ1n) is 7.94. The number of rotatable bonds is 4. The lowest BCUT2D eigenvalue weighted by Crippen LogP contribution is -2.38. The maximum Gasteiger partial charge on any atom is 0.252 e. The smallest absolute Gasteiger partial charge is 0.252 e. The number of carbonyl (C=O) groups excluding carboxylic acids is 1. The Morgan fingerprint density at radius 1 is 1.43 bits per heavy atom. The number of anilines is 1. The molecule has 1 unspecified atom stereocenters. The van der Waals surface area contributed by atoms with Crippen LogP contribution in [0.4, 0.5) is 5.82 Å². The van der Waals surface area contributed by atoms with Gasteiger partial charge >= 0.3 is 0 Å². The van der Waals surface area contributed by atoms with Gasteiger partial charge in [0.1, 0.15) is 5.82 Å². The predicted octanol–water partition coefficient (Wildman–Crippen LogP) is 1.25. The van der Waals surface area contributed by atoms with Crippen LogP contribution in [0.3, 0.4) is 0 Å². The molecule has 0 spiro atoms. The van der Waals surface area contributed by atoms with E-state index in [4.69, 9.17) is 10.7 Å². The van der Waals surface area contributed by atoms with Gasteiger partial charge < -0.3 is 16.0 Å². The summed E-state index contributed by atoms with van der Waals surface area (Å²) in [6.45, 7) is 1.87. The summed E-state index contributed by atoms with van der Waals surface area (Å²) >= 11 is 0. The molecule has 0 saturated carbocycles. The van der Waals surface area contributed by atoms with Gasteiger partial charge in [0.25, 0.3) is 5.91 Å². The van der Waals surface area contributed by atoms with Crippen LogP contribution in [-0.4, -0.2) is 37.1 Å². The van der Waals surface area contributed by atoms with E-state index < -0.39 is 0 Å². The highest BCUT2D eigenvalue weighted by atomic mass is 16.1. The molecule has 1 aromatic heterocycles. The standard InChI is InChI=1S/C16H24N4O/c1-18-10-12-6-4-8-20(12)16-13(15(17)21)9-11-5-2-3-7-14(11)19-16/h9,12,18H,2-8,10H2,1H3,(H2,17,21). The maximum absolute atomic E-state index is 11.9. The summed E-state index contributed by atoms with van der Waals surface area (Å²) in [5.41, 5.74) is 8.58. The first-order chi connectivity index (χ1) is 10.2. The lowest BCUT2D eigenvalue weighted by Gasteiger charge is -2.29. The summed E-state index contributed by atoms with van der Waals surface area (Å²) < 4.78 is 0. The number of aryl methyl sites for hydroxylation is 2. The topological polar surface area (TPSA) is 71.2 Å². The molecule has 1 amide bonds. The van der Waals surface area contributed by atoms with Gasteiger partial charge in [-0.25, -0.2) is 4.98 Å². The summed E-state index contributed by atoms with van der Waals surface area (Å²) in [6, 6.07) is 2.40. The monoisotopic (exact) mass is 288 g/mol. The molecule has 1 aromatic rings. The second kappa shape index (κ2) is 6.02. The Labute approximate surface area is 125 Å². The van der Waals surface area contributed by atoms with Gasteiger partial charge in [-0.3, -0.25) is 4.79 Å².